The van der Waals surface area contributed by atoms with E-state index in [0.717, 1.165) is 10.1 Å². The molecule has 0 aliphatic heterocycles. The lowest BCUT2D eigenvalue weighted by Crippen LogP contribution is -1.86. The molecule has 4 nitrogen and oxygen atoms in total. The molecule has 0 atom stereocenters. The van der Waals surface area contributed by atoms with Crippen LogP contribution in [-0.2, 0) is 0 Å². The number of nitrogens with zero attached hydrogens (tertiary/aromatic N) is 2. The fourth-order valence-electron chi connectivity index (χ4n) is 0.950. The third-order valence-electron chi connectivity index (χ3n) is 1.71. The van der Waals surface area contributed by atoms with E-state index < -0.39 is 0 Å². The molecule has 1 heterocycles. The second-order valence-electron chi connectivity index (χ2n) is 2.99. The average Bonchev–Trinajstić information content (AvgIpc) is 2.63. The first kappa shape index (κ1) is 11.7. The SMILES string of the molecule is C=C(/C=C(C)\C(Br)=C/N)c1nnc(C)o1. The molecule has 0 spiro atoms. The van der Waals surface area contributed by atoms with Crippen LogP contribution in [0.1, 0.15) is 18.7 Å². The van der Waals surface area contributed by atoms with Crippen LogP contribution >= 0.6 is 15.9 Å². The van der Waals surface area contributed by atoms with Gasteiger partial charge in [0.1, 0.15) is 0 Å². The standard InChI is InChI=1S/C10H12BrN3O/c1-6(9(11)5-12)4-7(2)10-14-13-8(3)15-10/h4-5H,2,12H2,1,3H3/b6-4-,9-5+. The summed E-state index contributed by atoms with van der Waals surface area (Å²) in [5.74, 6) is 0.940. The van der Waals surface area contributed by atoms with Crippen LogP contribution in [0, 0.1) is 6.92 Å². The molecular weight excluding hydrogens is 258 g/mol. The van der Waals surface area contributed by atoms with Gasteiger partial charge in [0.05, 0.1) is 0 Å². The van der Waals surface area contributed by atoms with Gasteiger partial charge in [0, 0.05) is 23.2 Å². The van der Waals surface area contributed by atoms with Gasteiger partial charge in [-0.15, -0.1) is 10.2 Å². The Morgan fingerprint density at radius 3 is 2.67 bits per heavy atom. The van der Waals surface area contributed by atoms with Crippen LogP contribution in [0.4, 0.5) is 0 Å². The van der Waals surface area contributed by atoms with Crippen molar-refractivity contribution in [3.05, 3.63) is 40.7 Å². The maximum Gasteiger partial charge on any atom is 0.247 e. The van der Waals surface area contributed by atoms with Crippen LogP contribution in [0.15, 0.2) is 33.3 Å². The summed E-state index contributed by atoms with van der Waals surface area (Å²) < 4.78 is 6.03. The topological polar surface area (TPSA) is 64.9 Å². The molecule has 0 aliphatic rings. The van der Waals surface area contributed by atoms with Crippen molar-refractivity contribution in [3.63, 3.8) is 0 Å². The Morgan fingerprint density at radius 2 is 2.20 bits per heavy atom. The molecule has 5 heteroatoms. The second kappa shape index (κ2) is 4.93. The number of hydrogen-bond acceptors (Lipinski definition) is 4. The lowest BCUT2D eigenvalue weighted by Gasteiger charge is -1.98. The van der Waals surface area contributed by atoms with Crippen molar-refractivity contribution in [1.29, 1.82) is 0 Å². The van der Waals surface area contributed by atoms with Crippen molar-refractivity contribution in [1.82, 2.24) is 10.2 Å². The van der Waals surface area contributed by atoms with Crippen LogP contribution in [0.3, 0.4) is 0 Å². The van der Waals surface area contributed by atoms with E-state index in [1.54, 1.807) is 6.92 Å². The van der Waals surface area contributed by atoms with Gasteiger partial charge >= 0.3 is 0 Å². The zero-order chi connectivity index (χ0) is 11.4. The van der Waals surface area contributed by atoms with E-state index in [1.165, 1.54) is 6.20 Å². The van der Waals surface area contributed by atoms with E-state index in [2.05, 4.69) is 32.7 Å². The second-order valence-corrected chi connectivity index (χ2v) is 3.85. The Labute approximate surface area is 96.7 Å². The molecule has 0 fully saturated rings. The molecule has 0 saturated heterocycles. The molecule has 1 rings (SSSR count). The molecule has 0 aromatic carbocycles. The third-order valence-corrected chi connectivity index (χ3v) is 2.60. The van der Waals surface area contributed by atoms with E-state index in [1.807, 2.05) is 13.0 Å². The summed E-state index contributed by atoms with van der Waals surface area (Å²) in [5, 5.41) is 7.58. The summed E-state index contributed by atoms with van der Waals surface area (Å²) in [7, 11) is 0. The lowest BCUT2D eigenvalue weighted by molar-refractivity contribution is 0.507. The monoisotopic (exact) mass is 269 g/mol. The molecule has 0 radical (unpaired) electrons. The van der Waals surface area contributed by atoms with E-state index in [4.69, 9.17) is 10.2 Å². The largest absolute Gasteiger partial charge is 0.421 e. The molecular formula is C10H12BrN3O. The minimum Gasteiger partial charge on any atom is -0.421 e. The zero-order valence-corrected chi connectivity index (χ0v) is 10.2. The fourth-order valence-corrected chi connectivity index (χ4v) is 1.06. The number of aromatic nitrogens is 2. The Kier molecular flexibility index (Phi) is 3.85. The smallest absolute Gasteiger partial charge is 0.247 e. The first-order chi connectivity index (χ1) is 7.04. The summed E-state index contributed by atoms with van der Waals surface area (Å²) in [6.45, 7) is 7.47. The van der Waals surface area contributed by atoms with E-state index in [-0.39, 0.29) is 0 Å². The van der Waals surface area contributed by atoms with E-state index in [9.17, 15) is 0 Å². The van der Waals surface area contributed by atoms with Gasteiger partial charge in [-0.1, -0.05) is 6.58 Å². The minimum atomic E-state index is 0.421. The molecule has 2 N–H and O–H groups in total. The van der Waals surface area contributed by atoms with E-state index >= 15 is 0 Å². The Morgan fingerprint density at radius 1 is 1.53 bits per heavy atom. The molecule has 0 saturated carbocycles. The molecule has 1 aromatic heterocycles. The molecule has 1 aromatic rings. The number of halogens is 1. The van der Waals surface area contributed by atoms with Crippen LogP contribution < -0.4 is 5.73 Å². The number of rotatable bonds is 3. The van der Waals surface area contributed by atoms with Gasteiger partial charge in [-0.3, -0.25) is 0 Å². The van der Waals surface area contributed by atoms with Gasteiger partial charge in [-0.25, -0.2) is 0 Å². The van der Waals surface area contributed by atoms with Crippen molar-refractivity contribution in [2.24, 2.45) is 5.73 Å². The Hall–Kier alpha value is -1.36. The van der Waals surface area contributed by atoms with Crippen molar-refractivity contribution >= 4 is 21.5 Å². The highest BCUT2D eigenvalue weighted by molar-refractivity contribution is 9.12. The van der Waals surface area contributed by atoms with Crippen LogP contribution in [0.5, 0.6) is 0 Å². The third kappa shape index (κ3) is 3.06. The van der Waals surface area contributed by atoms with Crippen molar-refractivity contribution in [3.8, 4) is 0 Å². The number of hydrogen-bond donors (Lipinski definition) is 1. The number of nitrogens with two attached hydrogens (primary N) is 1. The highest BCUT2D eigenvalue weighted by atomic mass is 79.9. The predicted octanol–water partition coefficient (Wildman–Crippen LogP) is 2.53. The first-order valence-electron chi connectivity index (χ1n) is 4.30. The summed E-state index contributed by atoms with van der Waals surface area (Å²) >= 11 is 3.31. The van der Waals surface area contributed by atoms with Crippen molar-refractivity contribution in [2.45, 2.75) is 13.8 Å². The van der Waals surface area contributed by atoms with Gasteiger partial charge in [-0.2, -0.15) is 0 Å². The van der Waals surface area contributed by atoms with Crippen molar-refractivity contribution in [2.75, 3.05) is 0 Å². The summed E-state index contributed by atoms with van der Waals surface area (Å²) in [6, 6.07) is 0. The lowest BCUT2D eigenvalue weighted by atomic mass is 10.2. The molecule has 15 heavy (non-hydrogen) atoms. The van der Waals surface area contributed by atoms with Gasteiger partial charge in [0.25, 0.3) is 0 Å². The average molecular weight is 270 g/mol. The zero-order valence-electron chi connectivity index (χ0n) is 8.62. The van der Waals surface area contributed by atoms with Gasteiger partial charge < -0.3 is 10.2 Å². The number of allylic oxidation sites excluding steroid dienone is 4. The molecule has 0 unspecified atom stereocenters. The van der Waals surface area contributed by atoms with Crippen molar-refractivity contribution < 1.29 is 4.42 Å². The van der Waals surface area contributed by atoms with Gasteiger partial charge in [0.2, 0.25) is 11.8 Å². The maximum atomic E-state index is 5.36. The highest BCUT2D eigenvalue weighted by Crippen LogP contribution is 2.20. The maximum absolute atomic E-state index is 5.36. The highest BCUT2D eigenvalue weighted by Gasteiger charge is 2.05. The van der Waals surface area contributed by atoms with Crippen LogP contribution in [-0.4, -0.2) is 10.2 Å². The van der Waals surface area contributed by atoms with Gasteiger partial charge in [-0.05, 0) is 34.5 Å². The molecule has 0 aliphatic carbocycles. The number of aryl methyl sites for hydroxylation is 1. The first-order valence-corrected chi connectivity index (χ1v) is 5.09. The quantitative estimate of drug-likeness (QED) is 0.857. The predicted molar refractivity (Wildman–Crippen MR) is 63.0 cm³/mol. The molecule has 0 bridgehead atoms. The summed E-state index contributed by atoms with van der Waals surface area (Å²) in [5.41, 5.74) is 6.96. The van der Waals surface area contributed by atoms with Crippen LogP contribution in [0.25, 0.3) is 5.57 Å². The normalized spacial score (nSPS) is 13.0. The summed E-state index contributed by atoms with van der Waals surface area (Å²) in [6.07, 6.45) is 3.29. The Bertz CT molecular complexity index is 432. The molecule has 80 valence electrons. The van der Waals surface area contributed by atoms with Crippen LogP contribution in [0.2, 0.25) is 0 Å². The molecule has 0 amide bonds. The van der Waals surface area contributed by atoms with E-state index in [0.29, 0.717) is 17.4 Å². The fraction of sp³-hybridized carbons (Fsp3) is 0.200. The van der Waals surface area contributed by atoms with Gasteiger partial charge in [0.15, 0.2) is 0 Å². The minimum absolute atomic E-state index is 0.421. The Balaban J connectivity index is 2.88. The summed E-state index contributed by atoms with van der Waals surface area (Å²) in [4.78, 5) is 0.